The van der Waals surface area contributed by atoms with E-state index in [1.54, 1.807) is 26.1 Å². The monoisotopic (exact) mass is 372 g/mol. The van der Waals surface area contributed by atoms with Gasteiger partial charge in [-0.3, -0.25) is 9.48 Å². The quantitative estimate of drug-likeness (QED) is 0.702. The Morgan fingerprint density at radius 1 is 1.53 bits per heavy atom. The first-order valence-electron chi connectivity index (χ1n) is 5.49. The highest BCUT2D eigenvalue weighted by Crippen LogP contribution is 2.24. The van der Waals surface area contributed by atoms with Crippen molar-refractivity contribution in [3.63, 3.8) is 0 Å². The van der Waals surface area contributed by atoms with E-state index in [-0.39, 0.29) is 11.7 Å². The van der Waals surface area contributed by atoms with Gasteiger partial charge in [0.15, 0.2) is 5.82 Å². The number of aryl methyl sites for hydroxylation is 2. The van der Waals surface area contributed by atoms with Crippen molar-refractivity contribution >= 4 is 40.0 Å². The summed E-state index contributed by atoms with van der Waals surface area (Å²) in [5.74, 6) is 0.171. The number of nitrogen functional groups attached to an aromatic ring is 1. The first-order valence-corrected chi connectivity index (χ1v) is 6.57. The smallest absolute Gasteiger partial charge is 0.257 e. The molecule has 1 heterocycles. The summed E-state index contributed by atoms with van der Waals surface area (Å²) in [7, 11) is 1.70. The van der Waals surface area contributed by atoms with Gasteiger partial charge in [0.25, 0.3) is 5.91 Å². The van der Waals surface area contributed by atoms with E-state index in [0.717, 1.165) is 0 Å². The lowest BCUT2D eigenvalue weighted by Crippen LogP contribution is -2.15. The lowest BCUT2D eigenvalue weighted by atomic mass is 10.2. The molecule has 1 aromatic heterocycles. The zero-order chi connectivity index (χ0) is 14.2. The van der Waals surface area contributed by atoms with Gasteiger partial charge in [-0.05, 0) is 47.7 Å². The van der Waals surface area contributed by atoms with E-state index < -0.39 is 0 Å². The molecule has 0 bridgehead atoms. The third-order valence-corrected chi connectivity index (χ3v) is 3.62. The number of rotatable bonds is 2. The highest BCUT2D eigenvalue weighted by molar-refractivity contribution is 14.1. The molecule has 0 saturated heterocycles. The highest BCUT2D eigenvalue weighted by atomic mass is 127. The van der Waals surface area contributed by atoms with Gasteiger partial charge in [-0.1, -0.05) is 0 Å². The van der Waals surface area contributed by atoms with Gasteiger partial charge in [0.1, 0.15) is 5.75 Å². The molecule has 0 aliphatic rings. The molecule has 2 aromatic rings. The zero-order valence-electron chi connectivity index (χ0n) is 10.4. The molecule has 2 rings (SSSR count). The largest absolute Gasteiger partial charge is 0.507 e. The minimum absolute atomic E-state index is 0.0717. The fraction of sp³-hybridized carbons (Fsp3) is 0.167. The second-order valence-electron chi connectivity index (χ2n) is 4.09. The zero-order valence-corrected chi connectivity index (χ0v) is 12.6. The molecule has 0 unspecified atom stereocenters. The van der Waals surface area contributed by atoms with Gasteiger partial charge in [-0.25, -0.2) is 0 Å². The average Bonchev–Trinajstić information content (AvgIpc) is 2.59. The molecule has 0 radical (unpaired) electrons. The Bertz CT molecular complexity index is 651. The van der Waals surface area contributed by atoms with Crippen molar-refractivity contribution in [1.82, 2.24) is 9.78 Å². The maximum absolute atomic E-state index is 12.1. The minimum Gasteiger partial charge on any atom is -0.507 e. The van der Waals surface area contributed by atoms with Crippen LogP contribution in [-0.2, 0) is 7.05 Å². The summed E-state index contributed by atoms with van der Waals surface area (Å²) in [6, 6.07) is 4.72. The Kier molecular flexibility index (Phi) is 3.65. The van der Waals surface area contributed by atoms with E-state index in [9.17, 15) is 9.90 Å². The Morgan fingerprint density at radius 3 is 2.74 bits per heavy atom. The number of amides is 1. The number of carbonyl (C=O) groups is 1. The van der Waals surface area contributed by atoms with Gasteiger partial charge in [0.05, 0.1) is 15.0 Å². The van der Waals surface area contributed by atoms with Crippen molar-refractivity contribution in [3.8, 4) is 5.75 Å². The van der Waals surface area contributed by atoms with Crippen LogP contribution in [0.2, 0.25) is 0 Å². The second-order valence-corrected chi connectivity index (χ2v) is 5.25. The Hall–Kier alpha value is -1.77. The van der Waals surface area contributed by atoms with Crippen LogP contribution in [0.1, 0.15) is 16.1 Å². The van der Waals surface area contributed by atoms with Crippen molar-refractivity contribution < 1.29 is 9.90 Å². The molecular weight excluding hydrogens is 359 g/mol. The molecule has 7 heteroatoms. The summed E-state index contributed by atoms with van der Waals surface area (Å²) in [5, 5.41) is 16.4. The normalized spacial score (nSPS) is 10.5. The number of aromatic hydroxyl groups is 1. The predicted octanol–water partition coefficient (Wildman–Crippen LogP) is 1.87. The average molecular weight is 372 g/mol. The van der Waals surface area contributed by atoms with Crippen LogP contribution < -0.4 is 11.1 Å². The number of aromatic nitrogens is 2. The Morgan fingerprint density at radius 2 is 2.21 bits per heavy atom. The number of phenols is 1. The highest BCUT2D eigenvalue weighted by Gasteiger charge is 2.15. The Balaban J connectivity index is 2.28. The molecule has 0 saturated carbocycles. The van der Waals surface area contributed by atoms with Crippen molar-refractivity contribution in [2.24, 2.45) is 7.05 Å². The van der Waals surface area contributed by atoms with Crippen LogP contribution in [-0.4, -0.2) is 20.8 Å². The van der Waals surface area contributed by atoms with Crippen molar-refractivity contribution in [1.29, 1.82) is 0 Å². The van der Waals surface area contributed by atoms with E-state index >= 15 is 0 Å². The van der Waals surface area contributed by atoms with Crippen LogP contribution >= 0.6 is 22.6 Å². The van der Waals surface area contributed by atoms with E-state index in [0.29, 0.717) is 26.3 Å². The van der Waals surface area contributed by atoms with E-state index in [2.05, 4.69) is 10.4 Å². The summed E-state index contributed by atoms with van der Waals surface area (Å²) in [4.78, 5) is 12.1. The number of nitrogens with zero attached hydrogens (tertiary/aromatic N) is 2. The summed E-state index contributed by atoms with van der Waals surface area (Å²) in [5.41, 5.74) is 7.28. The van der Waals surface area contributed by atoms with Gasteiger partial charge < -0.3 is 16.2 Å². The van der Waals surface area contributed by atoms with E-state index in [1.165, 1.54) is 10.7 Å². The third-order valence-electron chi connectivity index (χ3n) is 2.71. The van der Waals surface area contributed by atoms with Crippen LogP contribution in [0.3, 0.4) is 0 Å². The maximum atomic E-state index is 12.1. The molecule has 1 amide bonds. The lowest BCUT2D eigenvalue weighted by molar-refractivity contribution is 0.102. The third kappa shape index (κ3) is 2.65. The molecule has 100 valence electrons. The van der Waals surface area contributed by atoms with Crippen molar-refractivity contribution in [2.75, 3.05) is 11.1 Å². The second kappa shape index (κ2) is 5.08. The van der Waals surface area contributed by atoms with Crippen LogP contribution in [0.15, 0.2) is 18.2 Å². The molecular formula is C12H13IN4O2. The number of halogens is 1. The van der Waals surface area contributed by atoms with Crippen molar-refractivity contribution in [3.05, 3.63) is 33.0 Å². The maximum Gasteiger partial charge on any atom is 0.257 e. The number of hydrogen-bond donors (Lipinski definition) is 3. The van der Waals surface area contributed by atoms with Crippen molar-refractivity contribution in [2.45, 2.75) is 6.92 Å². The first kappa shape index (κ1) is 13.7. The van der Waals surface area contributed by atoms with Crippen LogP contribution in [0.4, 0.5) is 11.5 Å². The van der Waals surface area contributed by atoms with Crippen LogP contribution in [0, 0.1) is 10.5 Å². The topological polar surface area (TPSA) is 93.2 Å². The summed E-state index contributed by atoms with van der Waals surface area (Å²) < 4.78 is 2.19. The molecule has 4 N–H and O–H groups in total. The Labute approximate surface area is 123 Å². The number of nitrogens with two attached hydrogens (primary N) is 1. The molecule has 0 aliphatic heterocycles. The lowest BCUT2D eigenvalue weighted by Gasteiger charge is -2.07. The molecule has 0 spiro atoms. The van der Waals surface area contributed by atoms with Gasteiger partial charge in [0, 0.05) is 12.6 Å². The van der Waals surface area contributed by atoms with Crippen LogP contribution in [0.5, 0.6) is 5.75 Å². The molecule has 0 aliphatic carbocycles. The standard InChI is InChI=1S/C12H13IN4O2/c1-6-10(14)11(17(2)16-6)15-12(19)7-3-4-8(13)9(18)5-7/h3-5,18H,14H2,1-2H3,(H,15,19). The van der Waals surface area contributed by atoms with Gasteiger partial charge in [-0.15, -0.1) is 0 Å². The predicted molar refractivity (Wildman–Crippen MR) is 81.1 cm³/mol. The number of nitrogens with one attached hydrogen (secondary N) is 1. The molecule has 6 nitrogen and oxygen atoms in total. The van der Waals surface area contributed by atoms with E-state index in [1.807, 2.05) is 22.6 Å². The molecule has 0 atom stereocenters. The summed E-state index contributed by atoms with van der Waals surface area (Å²) >= 11 is 1.99. The number of benzene rings is 1. The fourth-order valence-corrected chi connectivity index (χ4v) is 1.99. The molecule has 19 heavy (non-hydrogen) atoms. The molecule has 1 aromatic carbocycles. The fourth-order valence-electron chi connectivity index (χ4n) is 1.66. The summed E-state index contributed by atoms with van der Waals surface area (Å²) in [6.07, 6.45) is 0. The first-order chi connectivity index (χ1) is 8.90. The molecule has 0 fully saturated rings. The van der Waals surface area contributed by atoms with Crippen LogP contribution in [0.25, 0.3) is 0 Å². The van der Waals surface area contributed by atoms with E-state index in [4.69, 9.17) is 5.73 Å². The summed E-state index contributed by atoms with van der Waals surface area (Å²) in [6.45, 7) is 1.77. The van der Waals surface area contributed by atoms with Gasteiger partial charge in [0.2, 0.25) is 0 Å². The van der Waals surface area contributed by atoms with Gasteiger partial charge >= 0.3 is 0 Å². The number of carbonyl (C=O) groups excluding carboxylic acids is 1. The SMILES string of the molecule is Cc1nn(C)c(NC(=O)c2ccc(I)c(O)c2)c1N. The number of anilines is 2. The minimum atomic E-state index is -0.346. The van der Waals surface area contributed by atoms with Gasteiger partial charge in [-0.2, -0.15) is 5.10 Å². The number of hydrogen-bond acceptors (Lipinski definition) is 4. The number of phenolic OH excluding ortho intramolecular Hbond substituents is 1.